The molecule has 0 radical (unpaired) electrons. The molecule has 11 nitrogen and oxygen atoms in total. The molecule has 0 bridgehead atoms. The summed E-state index contributed by atoms with van der Waals surface area (Å²) in [7, 11) is 1.57. The average molecular weight is 577 g/mol. The number of nitrogens with one attached hydrogen (secondary N) is 4. The van der Waals surface area contributed by atoms with Crippen molar-refractivity contribution in [3.63, 3.8) is 0 Å². The standard InChI is InChI=1S/C29H33ClN8O3/c1-19(2)16-25(39)32-18-26(40)38-14-12-37(13-15-38)21-10-8-20(9-11-21)34-29-33-17-23(30)27(36-29)35-24-7-5-4-6-22(24)28(41)31-3/h4-11,16-17H,12-15,18H2,1-3H3,(H,31,41)(H,32,39)(H2,33,34,35,36). The molecule has 0 unspecified atom stereocenters. The van der Waals surface area contributed by atoms with Crippen LogP contribution >= 0.6 is 11.6 Å². The number of benzene rings is 2. The molecule has 214 valence electrons. The Labute approximate surface area is 244 Å². The molecule has 1 fully saturated rings. The molecule has 0 aliphatic carbocycles. The highest BCUT2D eigenvalue weighted by molar-refractivity contribution is 6.33. The van der Waals surface area contributed by atoms with E-state index in [1.807, 2.05) is 44.2 Å². The van der Waals surface area contributed by atoms with E-state index in [0.717, 1.165) is 16.9 Å². The minimum Gasteiger partial charge on any atom is -0.368 e. The van der Waals surface area contributed by atoms with E-state index in [-0.39, 0.29) is 24.3 Å². The molecule has 3 aromatic rings. The quantitative estimate of drug-likeness (QED) is 0.284. The topological polar surface area (TPSA) is 132 Å². The SMILES string of the molecule is CNC(=O)c1ccccc1Nc1nc(Nc2ccc(N3CCN(C(=O)CNC(=O)C=C(C)C)CC3)cc2)ncc1Cl. The summed E-state index contributed by atoms with van der Waals surface area (Å²) in [6.07, 6.45) is 2.97. The van der Waals surface area contributed by atoms with Crippen molar-refractivity contribution in [1.29, 1.82) is 0 Å². The van der Waals surface area contributed by atoms with Crippen LogP contribution in [0, 0.1) is 0 Å². The van der Waals surface area contributed by atoms with Crippen molar-refractivity contribution in [2.75, 3.05) is 55.3 Å². The predicted octanol–water partition coefficient (Wildman–Crippen LogP) is 3.71. The van der Waals surface area contributed by atoms with Crippen molar-refractivity contribution in [3.05, 3.63) is 77.0 Å². The number of hydrogen-bond acceptors (Lipinski definition) is 8. The number of piperazine rings is 1. The number of hydrogen-bond donors (Lipinski definition) is 4. The molecule has 4 N–H and O–H groups in total. The average Bonchev–Trinajstić information content (AvgIpc) is 2.97. The van der Waals surface area contributed by atoms with Crippen LogP contribution < -0.4 is 26.2 Å². The van der Waals surface area contributed by atoms with Crippen molar-refractivity contribution in [1.82, 2.24) is 25.5 Å². The normalized spacial score (nSPS) is 12.8. The molecule has 0 spiro atoms. The molecule has 12 heteroatoms. The van der Waals surface area contributed by atoms with E-state index in [1.54, 1.807) is 30.1 Å². The number of nitrogens with zero attached hydrogens (tertiary/aromatic N) is 4. The lowest BCUT2D eigenvalue weighted by Gasteiger charge is -2.36. The number of carbonyl (C=O) groups is 3. The minimum absolute atomic E-state index is 0.00638. The van der Waals surface area contributed by atoms with E-state index < -0.39 is 0 Å². The molecule has 41 heavy (non-hydrogen) atoms. The number of allylic oxidation sites excluding steroid dienone is 1. The fraction of sp³-hybridized carbons (Fsp3) is 0.276. The third-order valence-corrected chi connectivity index (χ3v) is 6.63. The van der Waals surface area contributed by atoms with Gasteiger partial charge in [0.05, 0.1) is 24.0 Å². The maximum Gasteiger partial charge on any atom is 0.253 e. The van der Waals surface area contributed by atoms with Crippen LogP contribution in [-0.2, 0) is 9.59 Å². The van der Waals surface area contributed by atoms with Crippen LogP contribution in [0.4, 0.5) is 28.8 Å². The second-order valence-electron chi connectivity index (χ2n) is 9.62. The van der Waals surface area contributed by atoms with E-state index in [0.29, 0.717) is 54.2 Å². The molecule has 1 aliphatic heterocycles. The summed E-state index contributed by atoms with van der Waals surface area (Å²) in [6, 6.07) is 14.9. The summed E-state index contributed by atoms with van der Waals surface area (Å²) in [5.74, 6) is 0.127. The van der Waals surface area contributed by atoms with Crippen molar-refractivity contribution < 1.29 is 14.4 Å². The van der Waals surface area contributed by atoms with Crippen molar-refractivity contribution in [2.45, 2.75) is 13.8 Å². The number of anilines is 5. The van der Waals surface area contributed by atoms with Gasteiger partial charge in [0.25, 0.3) is 5.91 Å². The predicted molar refractivity (Wildman–Crippen MR) is 161 cm³/mol. The number of rotatable bonds is 9. The zero-order valence-corrected chi connectivity index (χ0v) is 24.0. The van der Waals surface area contributed by atoms with Gasteiger partial charge in [0.1, 0.15) is 5.02 Å². The number of aromatic nitrogens is 2. The van der Waals surface area contributed by atoms with Gasteiger partial charge in [0, 0.05) is 50.7 Å². The second kappa shape index (κ2) is 13.6. The Morgan fingerprint density at radius 3 is 2.37 bits per heavy atom. The lowest BCUT2D eigenvalue weighted by atomic mass is 10.1. The second-order valence-corrected chi connectivity index (χ2v) is 10.0. The highest BCUT2D eigenvalue weighted by Crippen LogP contribution is 2.27. The molecule has 1 saturated heterocycles. The van der Waals surface area contributed by atoms with Crippen molar-refractivity contribution in [3.8, 4) is 0 Å². The molecule has 3 amide bonds. The third kappa shape index (κ3) is 7.95. The maximum atomic E-state index is 12.5. The summed E-state index contributed by atoms with van der Waals surface area (Å²) < 4.78 is 0. The fourth-order valence-corrected chi connectivity index (χ4v) is 4.39. The summed E-state index contributed by atoms with van der Waals surface area (Å²) in [5, 5.41) is 11.9. The third-order valence-electron chi connectivity index (χ3n) is 6.35. The van der Waals surface area contributed by atoms with E-state index >= 15 is 0 Å². The van der Waals surface area contributed by atoms with Crippen LogP contribution in [0.1, 0.15) is 24.2 Å². The Bertz CT molecular complexity index is 1430. The first-order valence-electron chi connectivity index (χ1n) is 13.2. The van der Waals surface area contributed by atoms with Crippen LogP contribution in [-0.4, -0.2) is 72.4 Å². The van der Waals surface area contributed by atoms with Crippen molar-refractivity contribution >= 4 is 58.2 Å². The van der Waals surface area contributed by atoms with Gasteiger partial charge in [0.15, 0.2) is 5.82 Å². The summed E-state index contributed by atoms with van der Waals surface area (Å²) in [6.45, 7) is 6.19. The lowest BCUT2D eigenvalue weighted by molar-refractivity contribution is -0.132. The van der Waals surface area contributed by atoms with Gasteiger partial charge >= 0.3 is 0 Å². The van der Waals surface area contributed by atoms with Crippen LogP contribution in [0.2, 0.25) is 5.02 Å². The molecular formula is C29H33ClN8O3. The number of para-hydroxylation sites is 1. The largest absolute Gasteiger partial charge is 0.368 e. The first-order valence-corrected chi connectivity index (χ1v) is 13.5. The Kier molecular flexibility index (Phi) is 9.75. The van der Waals surface area contributed by atoms with Gasteiger partial charge in [-0.25, -0.2) is 4.98 Å². The lowest BCUT2D eigenvalue weighted by Crippen LogP contribution is -2.51. The van der Waals surface area contributed by atoms with Crippen LogP contribution in [0.3, 0.4) is 0 Å². The Morgan fingerprint density at radius 1 is 0.976 bits per heavy atom. The summed E-state index contributed by atoms with van der Waals surface area (Å²) in [4.78, 5) is 49.2. The van der Waals surface area contributed by atoms with Crippen molar-refractivity contribution in [2.24, 2.45) is 0 Å². The highest BCUT2D eigenvalue weighted by Gasteiger charge is 2.21. The molecule has 0 saturated carbocycles. The molecule has 2 heterocycles. The minimum atomic E-state index is -0.256. The molecule has 1 aromatic heterocycles. The molecular weight excluding hydrogens is 544 g/mol. The van der Waals surface area contributed by atoms with Gasteiger partial charge in [-0.1, -0.05) is 29.3 Å². The monoisotopic (exact) mass is 576 g/mol. The van der Waals surface area contributed by atoms with Gasteiger partial charge < -0.3 is 31.1 Å². The van der Waals surface area contributed by atoms with Crippen LogP contribution in [0.15, 0.2) is 66.4 Å². The van der Waals surface area contributed by atoms with E-state index in [2.05, 4.69) is 36.1 Å². The fourth-order valence-electron chi connectivity index (χ4n) is 4.25. The van der Waals surface area contributed by atoms with E-state index in [9.17, 15) is 14.4 Å². The smallest absolute Gasteiger partial charge is 0.253 e. The van der Waals surface area contributed by atoms with E-state index in [4.69, 9.17) is 11.6 Å². The first-order chi connectivity index (χ1) is 19.7. The summed E-state index contributed by atoms with van der Waals surface area (Å²) in [5.41, 5.74) is 3.73. The number of amides is 3. The number of halogens is 1. The molecule has 4 rings (SSSR count). The van der Waals surface area contributed by atoms with Crippen LogP contribution in [0.5, 0.6) is 0 Å². The molecule has 1 aliphatic rings. The van der Waals surface area contributed by atoms with E-state index in [1.165, 1.54) is 12.3 Å². The molecule has 2 aromatic carbocycles. The molecule has 0 atom stereocenters. The Morgan fingerprint density at radius 2 is 1.68 bits per heavy atom. The maximum absolute atomic E-state index is 12.5. The zero-order chi connectivity index (χ0) is 29.4. The van der Waals surface area contributed by atoms with Gasteiger partial charge in [0.2, 0.25) is 17.8 Å². The number of carbonyl (C=O) groups excluding carboxylic acids is 3. The zero-order valence-electron chi connectivity index (χ0n) is 23.2. The highest BCUT2D eigenvalue weighted by atomic mass is 35.5. The van der Waals surface area contributed by atoms with Gasteiger partial charge in [-0.3, -0.25) is 14.4 Å². The van der Waals surface area contributed by atoms with Gasteiger partial charge in [-0.15, -0.1) is 0 Å². The van der Waals surface area contributed by atoms with Crippen LogP contribution in [0.25, 0.3) is 0 Å². The summed E-state index contributed by atoms with van der Waals surface area (Å²) >= 11 is 6.33. The van der Waals surface area contributed by atoms with Gasteiger partial charge in [-0.2, -0.15) is 4.98 Å². The Balaban J connectivity index is 1.33. The Hall–Kier alpha value is -4.64. The first kappa shape index (κ1) is 29.3. The van der Waals surface area contributed by atoms with Gasteiger partial charge in [-0.05, 0) is 50.2 Å².